The third-order valence-electron chi connectivity index (χ3n) is 1.58. The van der Waals surface area contributed by atoms with Crippen molar-refractivity contribution in [2.45, 2.75) is 12.5 Å². The summed E-state index contributed by atoms with van der Waals surface area (Å²) in [6.07, 6.45) is 3.45. The van der Waals surface area contributed by atoms with E-state index < -0.39 is 0 Å². The van der Waals surface area contributed by atoms with Crippen LogP contribution in [0.1, 0.15) is 6.42 Å². The van der Waals surface area contributed by atoms with Gasteiger partial charge >= 0.3 is 0 Å². The first-order chi connectivity index (χ1) is 4.43. The van der Waals surface area contributed by atoms with Crippen LogP contribution >= 0.6 is 11.8 Å². The topological polar surface area (TPSA) is 24.1 Å². The van der Waals surface area contributed by atoms with Crippen molar-refractivity contribution in [3.8, 4) is 0 Å². The number of hydrogen-bond acceptors (Lipinski definition) is 3. The lowest BCUT2D eigenvalue weighted by Crippen LogP contribution is -2.23. The molecule has 1 heterocycles. The molecular weight excluding hydrogens is 132 g/mol. The zero-order chi connectivity index (χ0) is 6.53. The number of thioether (sulfide) groups is 1. The molecule has 0 aromatic carbocycles. The molecule has 0 radical (unpaired) electrons. The second kappa shape index (κ2) is 4.14. The van der Waals surface area contributed by atoms with E-state index >= 15 is 0 Å². The Bertz CT molecular complexity index is 71.5. The molecule has 2 nitrogen and oxygen atoms in total. The van der Waals surface area contributed by atoms with Gasteiger partial charge in [0.1, 0.15) is 0 Å². The molecule has 0 aromatic heterocycles. The standard InChI is InChI=1S/C6H14N2S/c1-9-3-2-6-4-7-5-8-6/h6-8H,2-5H2,1H3. The summed E-state index contributed by atoms with van der Waals surface area (Å²) in [4.78, 5) is 0. The Morgan fingerprint density at radius 1 is 1.67 bits per heavy atom. The van der Waals surface area contributed by atoms with Crippen molar-refractivity contribution < 1.29 is 0 Å². The molecule has 0 saturated carbocycles. The molecule has 0 aliphatic carbocycles. The first kappa shape index (κ1) is 7.38. The lowest BCUT2D eigenvalue weighted by atomic mass is 10.2. The van der Waals surface area contributed by atoms with Crippen LogP contribution in [0.2, 0.25) is 0 Å². The Hall–Kier alpha value is 0.270. The highest BCUT2D eigenvalue weighted by Crippen LogP contribution is 2.01. The van der Waals surface area contributed by atoms with E-state index in [0.717, 1.165) is 19.3 Å². The van der Waals surface area contributed by atoms with Crippen LogP contribution in [0.15, 0.2) is 0 Å². The summed E-state index contributed by atoms with van der Waals surface area (Å²) in [5, 5.41) is 6.63. The van der Waals surface area contributed by atoms with Crippen molar-refractivity contribution in [2.75, 3.05) is 25.2 Å². The summed E-state index contributed by atoms with van der Waals surface area (Å²) in [6.45, 7) is 2.15. The van der Waals surface area contributed by atoms with E-state index in [0.29, 0.717) is 0 Å². The maximum Gasteiger partial charge on any atom is 0.0457 e. The zero-order valence-electron chi connectivity index (χ0n) is 5.81. The van der Waals surface area contributed by atoms with Crippen LogP contribution in [-0.2, 0) is 0 Å². The highest BCUT2D eigenvalue weighted by Gasteiger charge is 2.11. The molecule has 1 rings (SSSR count). The van der Waals surface area contributed by atoms with Crippen LogP contribution in [0.3, 0.4) is 0 Å². The molecule has 1 unspecified atom stereocenters. The van der Waals surface area contributed by atoms with E-state index in [1.807, 2.05) is 11.8 Å². The maximum atomic E-state index is 3.37. The fraction of sp³-hybridized carbons (Fsp3) is 1.00. The monoisotopic (exact) mass is 146 g/mol. The molecule has 0 spiro atoms. The smallest absolute Gasteiger partial charge is 0.0457 e. The van der Waals surface area contributed by atoms with Gasteiger partial charge in [-0.15, -0.1) is 0 Å². The Balaban J connectivity index is 1.98. The fourth-order valence-corrected chi connectivity index (χ4v) is 1.52. The summed E-state index contributed by atoms with van der Waals surface area (Å²) in [6, 6.07) is 0.734. The predicted molar refractivity (Wildman–Crippen MR) is 42.8 cm³/mol. The van der Waals surface area contributed by atoms with Crippen molar-refractivity contribution in [3.63, 3.8) is 0 Å². The molecule has 0 aromatic rings. The van der Waals surface area contributed by atoms with Crippen LogP contribution < -0.4 is 10.6 Å². The Morgan fingerprint density at radius 3 is 3.11 bits per heavy atom. The predicted octanol–water partition coefficient (Wildman–Crippen LogP) is 0.258. The maximum absolute atomic E-state index is 3.37. The first-order valence-electron chi connectivity index (χ1n) is 3.36. The van der Waals surface area contributed by atoms with Gasteiger partial charge in [0.2, 0.25) is 0 Å². The fourth-order valence-electron chi connectivity index (χ4n) is 0.999. The average Bonchev–Trinajstić information content (AvgIpc) is 2.34. The minimum absolute atomic E-state index is 0.734. The van der Waals surface area contributed by atoms with Crippen LogP contribution in [-0.4, -0.2) is 31.3 Å². The largest absolute Gasteiger partial charge is 0.303 e. The molecule has 1 aliphatic rings. The van der Waals surface area contributed by atoms with Crippen molar-refractivity contribution in [2.24, 2.45) is 0 Å². The normalized spacial score (nSPS) is 27.0. The minimum Gasteiger partial charge on any atom is -0.303 e. The second-order valence-electron chi connectivity index (χ2n) is 2.31. The van der Waals surface area contributed by atoms with Gasteiger partial charge in [-0.05, 0) is 18.4 Å². The highest BCUT2D eigenvalue weighted by atomic mass is 32.2. The molecule has 1 saturated heterocycles. The van der Waals surface area contributed by atoms with Gasteiger partial charge < -0.3 is 10.6 Å². The number of hydrogen-bond donors (Lipinski definition) is 2. The molecule has 1 atom stereocenters. The van der Waals surface area contributed by atoms with Crippen molar-refractivity contribution in [1.82, 2.24) is 10.6 Å². The van der Waals surface area contributed by atoms with Gasteiger partial charge in [-0.2, -0.15) is 11.8 Å². The van der Waals surface area contributed by atoms with E-state index in [4.69, 9.17) is 0 Å². The molecule has 1 fully saturated rings. The van der Waals surface area contributed by atoms with Gasteiger partial charge in [-0.1, -0.05) is 0 Å². The summed E-state index contributed by atoms with van der Waals surface area (Å²) >= 11 is 1.92. The van der Waals surface area contributed by atoms with Crippen molar-refractivity contribution in [3.05, 3.63) is 0 Å². The summed E-state index contributed by atoms with van der Waals surface area (Å²) < 4.78 is 0. The minimum atomic E-state index is 0.734. The molecule has 0 bridgehead atoms. The van der Waals surface area contributed by atoms with Gasteiger partial charge in [-0.25, -0.2) is 0 Å². The molecule has 54 valence electrons. The van der Waals surface area contributed by atoms with Crippen LogP contribution in [0.4, 0.5) is 0 Å². The Morgan fingerprint density at radius 2 is 2.56 bits per heavy atom. The second-order valence-corrected chi connectivity index (χ2v) is 3.30. The third-order valence-corrected chi connectivity index (χ3v) is 2.22. The molecule has 3 heteroatoms. The van der Waals surface area contributed by atoms with Gasteiger partial charge in [0.25, 0.3) is 0 Å². The third kappa shape index (κ3) is 2.56. The SMILES string of the molecule is CSCCC1CNCN1. The van der Waals surface area contributed by atoms with E-state index in [-0.39, 0.29) is 0 Å². The van der Waals surface area contributed by atoms with E-state index in [9.17, 15) is 0 Å². The Kier molecular flexibility index (Phi) is 3.40. The quantitative estimate of drug-likeness (QED) is 0.597. The Labute approximate surface area is 60.8 Å². The van der Waals surface area contributed by atoms with Gasteiger partial charge in [0, 0.05) is 19.3 Å². The van der Waals surface area contributed by atoms with Gasteiger partial charge in [0.15, 0.2) is 0 Å². The lowest BCUT2D eigenvalue weighted by Gasteiger charge is -2.05. The molecule has 0 amide bonds. The summed E-state index contributed by atoms with van der Waals surface area (Å²) in [5.41, 5.74) is 0. The van der Waals surface area contributed by atoms with Gasteiger partial charge in [-0.3, -0.25) is 0 Å². The lowest BCUT2D eigenvalue weighted by molar-refractivity contribution is 0.618. The molecular formula is C6H14N2S. The first-order valence-corrected chi connectivity index (χ1v) is 4.76. The number of nitrogens with one attached hydrogen (secondary N) is 2. The molecule has 1 aliphatic heterocycles. The summed E-state index contributed by atoms with van der Waals surface area (Å²) in [7, 11) is 0. The zero-order valence-corrected chi connectivity index (χ0v) is 6.63. The van der Waals surface area contributed by atoms with E-state index in [1.54, 1.807) is 0 Å². The van der Waals surface area contributed by atoms with Gasteiger partial charge in [0.05, 0.1) is 0 Å². The molecule has 9 heavy (non-hydrogen) atoms. The van der Waals surface area contributed by atoms with Crippen LogP contribution in [0.5, 0.6) is 0 Å². The summed E-state index contributed by atoms with van der Waals surface area (Å²) in [5.74, 6) is 1.28. The van der Waals surface area contributed by atoms with E-state index in [2.05, 4.69) is 16.9 Å². The molecule has 2 N–H and O–H groups in total. The van der Waals surface area contributed by atoms with Crippen molar-refractivity contribution >= 4 is 11.8 Å². The van der Waals surface area contributed by atoms with Crippen LogP contribution in [0, 0.1) is 0 Å². The average molecular weight is 146 g/mol. The highest BCUT2D eigenvalue weighted by molar-refractivity contribution is 7.98. The van der Waals surface area contributed by atoms with E-state index in [1.165, 1.54) is 12.2 Å². The van der Waals surface area contributed by atoms with Crippen LogP contribution in [0.25, 0.3) is 0 Å². The van der Waals surface area contributed by atoms with Crippen molar-refractivity contribution in [1.29, 1.82) is 0 Å². The number of rotatable bonds is 3.